The van der Waals surface area contributed by atoms with Crippen LogP contribution in [0.5, 0.6) is 0 Å². The van der Waals surface area contributed by atoms with Gasteiger partial charge in [0.1, 0.15) is 11.2 Å². The maximum absolute atomic E-state index is 11.9. The first-order chi connectivity index (χ1) is 8.25. The highest BCUT2D eigenvalue weighted by molar-refractivity contribution is 5.74. The highest BCUT2D eigenvalue weighted by Crippen LogP contribution is 2.11. The summed E-state index contributed by atoms with van der Waals surface area (Å²) >= 11 is 0. The summed E-state index contributed by atoms with van der Waals surface area (Å²) in [5, 5.41) is 3.99. The number of hydrogen-bond donors (Lipinski definition) is 1. The molecule has 0 aromatic carbocycles. The zero-order valence-electron chi connectivity index (χ0n) is 8.95. The Bertz CT molecular complexity index is 729. The van der Waals surface area contributed by atoms with E-state index >= 15 is 0 Å². The lowest BCUT2D eigenvalue weighted by Crippen LogP contribution is -2.12. The maximum Gasteiger partial charge on any atom is 0.277 e. The molecule has 0 aliphatic heterocycles. The topological polar surface area (TPSA) is 89.3 Å². The van der Waals surface area contributed by atoms with Gasteiger partial charge in [-0.15, -0.1) is 0 Å². The van der Waals surface area contributed by atoms with E-state index in [1.165, 1.54) is 4.68 Å². The zero-order valence-corrected chi connectivity index (χ0v) is 8.95. The fourth-order valence-corrected chi connectivity index (χ4v) is 1.63. The lowest BCUT2D eigenvalue weighted by Gasteiger charge is -1.99. The van der Waals surface area contributed by atoms with Crippen molar-refractivity contribution in [3.05, 3.63) is 35.1 Å². The van der Waals surface area contributed by atoms with E-state index in [1.54, 1.807) is 31.8 Å². The monoisotopic (exact) mass is 228 g/mol. The van der Waals surface area contributed by atoms with Crippen molar-refractivity contribution in [3.8, 4) is 11.5 Å². The van der Waals surface area contributed by atoms with Crippen molar-refractivity contribution in [2.75, 3.05) is 0 Å². The van der Waals surface area contributed by atoms with Crippen molar-refractivity contribution >= 4 is 11.0 Å². The molecule has 0 aliphatic carbocycles. The van der Waals surface area contributed by atoms with E-state index in [0.29, 0.717) is 22.6 Å². The number of rotatable bonds is 1. The molecule has 7 heteroatoms. The van der Waals surface area contributed by atoms with Gasteiger partial charge in [-0.1, -0.05) is 0 Å². The maximum atomic E-state index is 11.9. The fourth-order valence-electron chi connectivity index (χ4n) is 1.63. The molecule has 0 unspecified atom stereocenters. The minimum atomic E-state index is -0.240. The molecule has 7 nitrogen and oxygen atoms in total. The molecule has 1 N–H and O–H groups in total. The van der Waals surface area contributed by atoms with Crippen molar-refractivity contribution in [2.24, 2.45) is 7.05 Å². The highest BCUT2D eigenvalue weighted by Gasteiger charge is 2.09. The molecule has 84 valence electrons. The van der Waals surface area contributed by atoms with Gasteiger partial charge < -0.3 is 4.98 Å². The van der Waals surface area contributed by atoms with Crippen molar-refractivity contribution in [3.63, 3.8) is 0 Å². The van der Waals surface area contributed by atoms with Gasteiger partial charge in [-0.3, -0.25) is 14.5 Å². The minimum Gasteiger partial charge on any atom is -0.303 e. The molecular formula is C10H8N6O. The first kappa shape index (κ1) is 9.64. The van der Waals surface area contributed by atoms with Crippen LogP contribution < -0.4 is 5.56 Å². The minimum absolute atomic E-state index is 0.240. The number of aryl methyl sites for hydroxylation is 1. The zero-order chi connectivity index (χ0) is 11.8. The summed E-state index contributed by atoms with van der Waals surface area (Å²) in [5.74, 6) is 0.392. The van der Waals surface area contributed by atoms with Gasteiger partial charge in [-0.2, -0.15) is 5.10 Å². The molecule has 3 rings (SSSR count). The molecule has 0 atom stereocenters. The summed E-state index contributed by atoms with van der Waals surface area (Å²) in [6, 6.07) is 0. The summed E-state index contributed by atoms with van der Waals surface area (Å²) in [4.78, 5) is 26.8. The third-order valence-electron chi connectivity index (χ3n) is 2.40. The van der Waals surface area contributed by atoms with Gasteiger partial charge in [0.15, 0.2) is 11.3 Å². The standard InChI is InChI=1S/C10H8N6O/c1-16-8-6(5-13-16)14-9(15-10(8)17)7-4-11-2-3-12-7/h2-5H,1H3,(H,14,15,17). The Balaban J connectivity index is 2.30. The van der Waals surface area contributed by atoms with Crippen LogP contribution in [0.2, 0.25) is 0 Å². The first-order valence-corrected chi connectivity index (χ1v) is 4.94. The van der Waals surface area contributed by atoms with E-state index in [4.69, 9.17) is 0 Å². The van der Waals surface area contributed by atoms with Crippen LogP contribution in [-0.4, -0.2) is 29.7 Å². The van der Waals surface area contributed by atoms with Gasteiger partial charge in [-0.05, 0) is 0 Å². The molecule has 0 radical (unpaired) electrons. The normalized spacial score (nSPS) is 10.9. The molecule has 0 bridgehead atoms. The van der Waals surface area contributed by atoms with Crippen LogP contribution in [0.1, 0.15) is 0 Å². The molecule has 0 saturated carbocycles. The second-order valence-electron chi connectivity index (χ2n) is 3.51. The van der Waals surface area contributed by atoms with Crippen LogP contribution in [0.25, 0.3) is 22.6 Å². The second-order valence-corrected chi connectivity index (χ2v) is 3.51. The molecular weight excluding hydrogens is 220 g/mol. The average molecular weight is 228 g/mol. The SMILES string of the molecule is Cn1ncc2nc(-c3cnccn3)[nH]c(=O)c21. The van der Waals surface area contributed by atoms with Gasteiger partial charge in [0.05, 0.1) is 12.4 Å². The smallest absolute Gasteiger partial charge is 0.277 e. The molecule has 3 heterocycles. The Labute approximate surface area is 95.2 Å². The van der Waals surface area contributed by atoms with Gasteiger partial charge in [-0.25, -0.2) is 9.97 Å². The number of nitrogens with zero attached hydrogens (tertiary/aromatic N) is 5. The number of aromatic amines is 1. The predicted octanol–water partition coefficient (Wildman–Crippen LogP) is 0.114. The van der Waals surface area contributed by atoms with Crippen molar-refractivity contribution in [1.29, 1.82) is 0 Å². The third kappa shape index (κ3) is 1.48. The number of fused-ring (bicyclic) bond motifs is 1. The number of H-pyrrole nitrogens is 1. The molecule has 0 amide bonds. The third-order valence-corrected chi connectivity index (χ3v) is 2.40. The Morgan fingerprint density at radius 2 is 2.18 bits per heavy atom. The van der Waals surface area contributed by atoms with Crippen LogP contribution in [0.15, 0.2) is 29.6 Å². The highest BCUT2D eigenvalue weighted by atomic mass is 16.1. The molecule has 3 aromatic rings. The van der Waals surface area contributed by atoms with Gasteiger partial charge in [0, 0.05) is 19.4 Å². The lowest BCUT2D eigenvalue weighted by atomic mass is 10.4. The number of nitrogens with one attached hydrogen (secondary N) is 1. The molecule has 0 aliphatic rings. The van der Waals surface area contributed by atoms with Crippen molar-refractivity contribution in [2.45, 2.75) is 0 Å². The van der Waals surface area contributed by atoms with E-state index in [-0.39, 0.29) is 5.56 Å². The van der Waals surface area contributed by atoms with Gasteiger partial charge in [0.2, 0.25) is 0 Å². The molecule has 0 fully saturated rings. The first-order valence-electron chi connectivity index (χ1n) is 4.94. The van der Waals surface area contributed by atoms with E-state index in [9.17, 15) is 4.79 Å². The van der Waals surface area contributed by atoms with Gasteiger partial charge >= 0.3 is 0 Å². The van der Waals surface area contributed by atoms with Crippen LogP contribution in [0.3, 0.4) is 0 Å². The van der Waals surface area contributed by atoms with Crippen LogP contribution in [0.4, 0.5) is 0 Å². The second kappa shape index (κ2) is 3.48. The molecule has 17 heavy (non-hydrogen) atoms. The van der Waals surface area contributed by atoms with E-state index in [1.807, 2.05) is 0 Å². The molecule has 3 aromatic heterocycles. The lowest BCUT2D eigenvalue weighted by molar-refractivity contribution is 0.792. The van der Waals surface area contributed by atoms with E-state index < -0.39 is 0 Å². The summed E-state index contributed by atoms with van der Waals surface area (Å²) in [6.45, 7) is 0. The fraction of sp³-hybridized carbons (Fsp3) is 0.100. The predicted molar refractivity (Wildman–Crippen MR) is 60.2 cm³/mol. The van der Waals surface area contributed by atoms with E-state index in [2.05, 4.69) is 25.0 Å². The number of hydrogen-bond acceptors (Lipinski definition) is 5. The Hall–Kier alpha value is -2.57. The van der Waals surface area contributed by atoms with Crippen LogP contribution >= 0.6 is 0 Å². The quantitative estimate of drug-likeness (QED) is 0.638. The van der Waals surface area contributed by atoms with E-state index in [0.717, 1.165) is 0 Å². The van der Waals surface area contributed by atoms with Crippen molar-refractivity contribution < 1.29 is 0 Å². The summed E-state index contributed by atoms with van der Waals surface area (Å²) < 4.78 is 1.49. The summed E-state index contributed by atoms with van der Waals surface area (Å²) in [6.07, 6.45) is 6.19. The Morgan fingerprint density at radius 1 is 1.29 bits per heavy atom. The summed E-state index contributed by atoms with van der Waals surface area (Å²) in [5.41, 5.74) is 1.26. The van der Waals surface area contributed by atoms with Gasteiger partial charge in [0.25, 0.3) is 5.56 Å². The van der Waals surface area contributed by atoms with Crippen LogP contribution in [0, 0.1) is 0 Å². The summed E-state index contributed by atoms with van der Waals surface area (Å²) in [7, 11) is 1.70. The average Bonchev–Trinajstić information content (AvgIpc) is 2.73. The van der Waals surface area contributed by atoms with Crippen LogP contribution in [-0.2, 0) is 7.05 Å². The molecule has 0 spiro atoms. The molecule has 0 saturated heterocycles. The Kier molecular flexibility index (Phi) is 1.97. The van der Waals surface area contributed by atoms with Crippen molar-refractivity contribution in [1.82, 2.24) is 29.7 Å². The Morgan fingerprint density at radius 3 is 2.94 bits per heavy atom. The number of aromatic nitrogens is 6. The largest absolute Gasteiger partial charge is 0.303 e.